The third-order valence-corrected chi connectivity index (χ3v) is 6.07. The molecule has 0 N–H and O–H groups in total. The first-order valence-electron chi connectivity index (χ1n) is 12.2. The highest BCUT2D eigenvalue weighted by Crippen LogP contribution is 2.29. The van der Waals surface area contributed by atoms with Gasteiger partial charge in [0.2, 0.25) is 35.1 Å². The average Bonchev–Trinajstić information content (AvgIpc) is 3.81. The molecule has 194 valence electrons. The van der Waals surface area contributed by atoms with Gasteiger partial charge in [-0.2, -0.15) is 19.9 Å². The van der Waals surface area contributed by atoms with Gasteiger partial charge in [-0.05, 0) is 30.3 Å². The molecule has 7 rings (SSSR count). The van der Waals surface area contributed by atoms with E-state index in [4.69, 9.17) is 18.1 Å². The summed E-state index contributed by atoms with van der Waals surface area (Å²) in [6.07, 6.45) is 0. The van der Waals surface area contributed by atoms with E-state index < -0.39 is 0 Å². The van der Waals surface area contributed by atoms with Crippen LogP contribution in [0.2, 0.25) is 0 Å². The van der Waals surface area contributed by atoms with Gasteiger partial charge in [0.05, 0.1) is 0 Å². The van der Waals surface area contributed by atoms with E-state index in [1.54, 1.807) is 13.8 Å². The summed E-state index contributed by atoms with van der Waals surface area (Å²) >= 11 is 0. The van der Waals surface area contributed by atoms with Gasteiger partial charge in [0.1, 0.15) is 0 Å². The molecular weight excluding hydrogens is 512 g/mol. The second-order valence-corrected chi connectivity index (χ2v) is 8.86. The number of aryl methyl sites for hydroxylation is 2. The Kier molecular flexibility index (Phi) is 5.55. The number of hydrogen-bond donors (Lipinski definition) is 0. The summed E-state index contributed by atoms with van der Waals surface area (Å²) in [5, 5.41) is 16.2. The molecule has 0 unspecified atom stereocenters. The Morgan fingerprint density at radius 2 is 0.775 bits per heavy atom. The van der Waals surface area contributed by atoms with Crippen LogP contribution in [0, 0.1) is 13.8 Å². The predicted molar refractivity (Wildman–Crippen MR) is 140 cm³/mol. The maximum Gasteiger partial charge on any atom is 0.258 e. The molecule has 0 bridgehead atoms. The zero-order chi connectivity index (χ0) is 27.1. The third-order valence-electron chi connectivity index (χ3n) is 6.07. The zero-order valence-electron chi connectivity index (χ0n) is 21.1. The molecule has 0 aliphatic rings. The van der Waals surface area contributed by atoms with Crippen molar-refractivity contribution >= 4 is 0 Å². The van der Waals surface area contributed by atoms with Gasteiger partial charge in [0.15, 0.2) is 0 Å². The highest BCUT2D eigenvalue weighted by atomic mass is 16.5. The van der Waals surface area contributed by atoms with Crippen LogP contribution in [0.15, 0.2) is 90.9 Å². The van der Waals surface area contributed by atoms with Crippen molar-refractivity contribution in [3.63, 3.8) is 0 Å². The van der Waals surface area contributed by atoms with Crippen molar-refractivity contribution in [3.05, 3.63) is 84.6 Å². The highest BCUT2D eigenvalue weighted by molar-refractivity contribution is 5.69. The maximum atomic E-state index is 5.53. The van der Waals surface area contributed by atoms with Crippen LogP contribution in [-0.2, 0) is 0 Å². The van der Waals surface area contributed by atoms with Crippen LogP contribution in [0.3, 0.4) is 0 Å². The third kappa shape index (κ3) is 4.43. The van der Waals surface area contributed by atoms with E-state index in [0.717, 1.165) is 33.4 Å². The molecule has 0 spiro atoms. The molecule has 12 heteroatoms. The first-order valence-corrected chi connectivity index (χ1v) is 12.2. The van der Waals surface area contributed by atoms with Crippen molar-refractivity contribution < 1.29 is 18.1 Å². The number of aromatic nitrogens is 8. The predicted octanol–water partition coefficient (Wildman–Crippen LogP) is 5.84. The molecule has 0 amide bonds. The molecule has 7 aromatic rings. The van der Waals surface area contributed by atoms with Gasteiger partial charge in [-0.25, -0.2) is 0 Å². The number of rotatable bonds is 6. The minimum absolute atomic E-state index is 0.387. The second-order valence-electron chi connectivity index (χ2n) is 8.86. The van der Waals surface area contributed by atoms with Crippen molar-refractivity contribution in [1.82, 2.24) is 40.6 Å². The van der Waals surface area contributed by atoms with Crippen LogP contribution in [0.25, 0.3) is 68.5 Å². The Morgan fingerprint density at radius 1 is 0.400 bits per heavy atom. The average molecular weight is 531 g/mol. The fraction of sp³-hybridized carbons (Fsp3) is 0.0714. The van der Waals surface area contributed by atoms with Gasteiger partial charge in [0.25, 0.3) is 11.8 Å². The Balaban J connectivity index is 1.10. The van der Waals surface area contributed by atoms with Crippen LogP contribution in [0.1, 0.15) is 11.8 Å². The van der Waals surface area contributed by atoms with Gasteiger partial charge < -0.3 is 18.1 Å². The quantitative estimate of drug-likeness (QED) is 0.253. The summed E-state index contributed by atoms with van der Waals surface area (Å²) < 4.78 is 21.2. The van der Waals surface area contributed by atoms with Crippen molar-refractivity contribution in [2.45, 2.75) is 13.8 Å². The largest absolute Gasteiger partial charge is 0.339 e. The first kappa shape index (κ1) is 23.3. The summed E-state index contributed by atoms with van der Waals surface area (Å²) in [5.74, 6) is 3.70. The molecular formula is C28H18N8O4. The summed E-state index contributed by atoms with van der Waals surface area (Å²) in [7, 11) is 0. The van der Waals surface area contributed by atoms with Crippen molar-refractivity contribution in [2.24, 2.45) is 0 Å². The molecule has 3 aromatic carbocycles. The van der Waals surface area contributed by atoms with Crippen molar-refractivity contribution in [2.75, 3.05) is 0 Å². The molecule has 4 heterocycles. The lowest BCUT2D eigenvalue weighted by molar-refractivity contribution is 0.394. The van der Waals surface area contributed by atoms with Gasteiger partial charge in [0, 0.05) is 47.2 Å². The zero-order valence-corrected chi connectivity index (χ0v) is 21.1. The summed E-state index contributed by atoms with van der Waals surface area (Å²) in [6, 6.07) is 22.5. The van der Waals surface area contributed by atoms with Gasteiger partial charge >= 0.3 is 0 Å². The molecule has 0 radical (unpaired) electrons. The fourth-order valence-electron chi connectivity index (χ4n) is 4.07. The minimum atomic E-state index is 0.387. The Hall–Kier alpha value is -5.78. The number of nitrogens with zero attached hydrogens (tertiary/aromatic N) is 8. The molecule has 40 heavy (non-hydrogen) atoms. The minimum Gasteiger partial charge on any atom is -0.339 e. The van der Waals surface area contributed by atoms with Crippen molar-refractivity contribution in [3.8, 4) is 68.5 Å². The van der Waals surface area contributed by atoms with Crippen LogP contribution in [0.5, 0.6) is 0 Å². The molecule has 0 saturated carbocycles. The number of hydrogen-bond acceptors (Lipinski definition) is 12. The highest BCUT2D eigenvalue weighted by Gasteiger charge is 2.16. The lowest BCUT2D eigenvalue weighted by Crippen LogP contribution is -1.86. The Labute approximate surface area is 225 Å². The lowest BCUT2D eigenvalue weighted by atomic mass is 10.1. The second kappa shape index (κ2) is 9.51. The van der Waals surface area contributed by atoms with Crippen molar-refractivity contribution in [1.29, 1.82) is 0 Å². The molecule has 0 atom stereocenters. The number of benzene rings is 3. The van der Waals surface area contributed by atoms with Crippen LogP contribution < -0.4 is 0 Å². The van der Waals surface area contributed by atoms with Gasteiger partial charge in [-0.3, -0.25) is 0 Å². The molecule has 12 nitrogen and oxygen atoms in total. The normalized spacial score (nSPS) is 11.2. The van der Waals surface area contributed by atoms with E-state index in [0.29, 0.717) is 46.9 Å². The monoisotopic (exact) mass is 530 g/mol. The first-order chi connectivity index (χ1) is 19.6. The van der Waals surface area contributed by atoms with Crippen LogP contribution in [-0.4, -0.2) is 40.6 Å². The maximum absolute atomic E-state index is 5.53. The van der Waals surface area contributed by atoms with E-state index in [9.17, 15) is 0 Å². The van der Waals surface area contributed by atoms with E-state index in [1.165, 1.54) is 0 Å². The molecule has 0 saturated heterocycles. The molecule has 0 fully saturated rings. The van der Waals surface area contributed by atoms with Crippen LogP contribution >= 0.6 is 0 Å². The van der Waals surface area contributed by atoms with E-state index in [-0.39, 0.29) is 0 Å². The summed E-state index contributed by atoms with van der Waals surface area (Å²) in [6.45, 7) is 3.49. The Bertz CT molecular complexity index is 1800. The summed E-state index contributed by atoms with van der Waals surface area (Å²) in [5.41, 5.74) is 4.68. The molecule has 4 aromatic heterocycles. The molecule has 0 aliphatic heterocycles. The smallest absolute Gasteiger partial charge is 0.258 e. The standard InChI is InChI=1S/C28H18N8O4/c1-15-29-23(33-37-15)17-6-10-19(11-7-17)27-31-25(35-39-27)21-4-3-5-22(14-21)26-32-28(40-36-26)20-12-8-18(9-13-20)24-30-16(2)38-34-24/h3-14H,1-2H3. The summed E-state index contributed by atoms with van der Waals surface area (Å²) in [4.78, 5) is 17.6. The Morgan fingerprint density at radius 3 is 1.18 bits per heavy atom. The van der Waals surface area contributed by atoms with E-state index in [2.05, 4.69) is 40.6 Å². The van der Waals surface area contributed by atoms with E-state index >= 15 is 0 Å². The SMILES string of the molecule is Cc1nc(-c2ccc(-c3nc(-c4cccc(-c5noc(-c6ccc(-c7noc(C)n7)cc6)n5)c4)no3)cc2)no1. The topological polar surface area (TPSA) is 156 Å². The van der Waals surface area contributed by atoms with Crippen LogP contribution in [0.4, 0.5) is 0 Å². The molecule has 0 aliphatic carbocycles. The lowest BCUT2D eigenvalue weighted by Gasteiger charge is -1.98. The van der Waals surface area contributed by atoms with Gasteiger partial charge in [-0.1, -0.05) is 63.1 Å². The fourth-order valence-corrected chi connectivity index (χ4v) is 4.07. The van der Waals surface area contributed by atoms with Gasteiger partial charge in [-0.15, -0.1) is 0 Å². The van der Waals surface area contributed by atoms with E-state index in [1.807, 2.05) is 72.8 Å².